The summed E-state index contributed by atoms with van der Waals surface area (Å²) < 4.78 is 5.13. The molecule has 0 radical (unpaired) electrons. The lowest BCUT2D eigenvalue weighted by atomic mass is 10.1. The molecule has 1 heterocycles. The molecule has 1 aromatic heterocycles. The Hall–Kier alpha value is -1.48. The first-order valence-corrected chi connectivity index (χ1v) is 5.11. The smallest absolute Gasteiger partial charge is 0.173 e. The number of thiophene rings is 1. The molecule has 1 aromatic carbocycles. The van der Waals surface area contributed by atoms with Crippen molar-refractivity contribution in [1.29, 1.82) is 0 Å². The lowest BCUT2D eigenvalue weighted by molar-refractivity contribution is 0.427. The fraction of sp³-hybridized carbons (Fsp3) is 0.0909. The molecule has 0 atom stereocenters. The van der Waals surface area contributed by atoms with E-state index >= 15 is 0 Å². The summed E-state index contributed by atoms with van der Waals surface area (Å²) in [7, 11) is 1.67. The van der Waals surface area contributed by atoms with E-state index in [1.165, 1.54) is 0 Å². The van der Waals surface area contributed by atoms with Gasteiger partial charge in [-0.05, 0) is 18.2 Å². The second kappa shape index (κ2) is 3.72. The molecule has 2 rings (SSSR count). The maximum atomic E-state index is 5.87. The first-order chi connectivity index (χ1) is 6.81. The summed E-state index contributed by atoms with van der Waals surface area (Å²) in [5.41, 5.74) is 7.74. The van der Waals surface area contributed by atoms with E-state index in [1.54, 1.807) is 18.4 Å². The Kier molecular flexibility index (Phi) is 2.41. The summed E-state index contributed by atoms with van der Waals surface area (Å²) in [5.74, 6) is 0. The van der Waals surface area contributed by atoms with Crippen LogP contribution in [0.5, 0.6) is 5.06 Å². The van der Waals surface area contributed by atoms with Gasteiger partial charge in [-0.25, -0.2) is 0 Å². The highest BCUT2D eigenvalue weighted by Gasteiger charge is 2.04. The number of hydrogen-bond acceptors (Lipinski definition) is 3. The number of ether oxygens (including phenoxy) is 1. The van der Waals surface area contributed by atoms with Crippen LogP contribution in [0, 0.1) is 0 Å². The minimum Gasteiger partial charge on any atom is -0.487 e. The standard InChI is InChI=1S/C11H11NOS/c1-13-11-7-6-10(14-11)8-4-2-3-5-9(8)12/h2-7H,12H2,1H3. The molecule has 0 aliphatic heterocycles. The van der Waals surface area contributed by atoms with Crippen LogP contribution in [-0.2, 0) is 0 Å². The van der Waals surface area contributed by atoms with Gasteiger partial charge in [-0.15, -0.1) is 0 Å². The summed E-state index contributed by atoms with van der Waals surface area (Å²) >= 11 is 1.60. The molecule has 2 N–H and O–H groups in total. The Morgan fingerprint density at radius 1 is 1.14 bits per heavy atom. The van der Waals surface area contributed by atoms with Crippen molar-refractivity contribution >= 4 is 17.0 Å². The third-order valence-electron chi connectivity index (χ3n) is 2.01. The van der Waals surface area contributed by atoms with E-state index < -0.39 is 0 Å². The summed E-state index contributed by atoms with van der Waals surface area (Å²) in [5, 5.41) is 0.906. The maximum Gasteiger partial charge on any atom is 0.173 e. The van der Waals surface area contributed by atoms with Crippen LogP contribution in [0.3, 0.4) is 0 Å². The van der Waals surface area contributed by atoms with E-state index in [4.69, 9.17) is 10.5 Å². The van der Waals surface area contributed by atoms with Crippen LogP contribution in [0.15, 0.2) is 36.4 Å². The van der Waals surface area contributed by atoms with E-state index in [-0.39, 0.29) is 0 Å². The quantitative estimate of drug-likeness (QED) is 0.765. The van der Waals surface area contributed by atoms with Gasteiger partial charge >= 0.3 is 0 Å². The highest BCUT2D eigenvalue weighted by molar-refractivity contribution is 7.17. The monoisotopic (exact) mass is 205 g/mol. The van der Waals surface area contributed by atoms with Crippen molar-refractivity contribution in [1.82, 2.24) is 0 Å². The average Bonchev–Trinajstić information content (AvgIpc) is 2.67. The normalized spacial score (nSPS) is 10.1. The van der Waals surface area contributed by atoms with Crippen LogP contribution in [0.1, 0.15) is 0 Å². The molecule has 0 spiro atoms. The van der Waals surface area contributed by atoms with Gasteiger partial charge in [0.2, 0.25) is 0 Å². The lowest BCUT2D eigenvalue weighted by Gasteiger charge is -2.00. The Labute approximate surface area is 86.9 Å². The molecule has 0 fully saturated rings. The van der Waals surface area contributed by atoms with Crippen molar-refractivity contribution in [3.63, 3.8) is 0 Å². The van der Waals surface area contributed by atoms with Crippen LogP contribution in [0.4, 0.5) is 5.69 Å². The molecule has 0 aliphatic carbocycles. The summed E-state index contributed by atoms with van der Waals surface area (Å²) in [6.07, 6.45) is 0. The SMILES string of the molecule is COc1ccc(-c2ccccc2N)s1. The van der Waals surface area contributed by atoms with Gasteiger partial charge in [0.05, 0.1) is 7.11 Å². The van der Waals surface area contributed by atoms with Gasteiger partial charge in [0.1, 0.15) is 0 Å². The molecule has 0 bridgehead atoms. The molecular formula is C11H11NOS. The Morgan fingerprint density at radius 2 is 1.93 bits per heavy atom. The number of nitrogens with two attached hydrogens (primary N) is 1. The van der Waals surface area contributed by atoms with E-state index in [2.05, 4.69) is 0 Å². The van der Waals surface area contributed by atoms with Gasteiger partial charge in [0, 0.05) is 16.1 Å². The molecule has 2 nitrogen and oxygen atoms in total. The minimum atomic E-state index is 0.803. The molecule has 0 amide bonds. The Balaban J connectivity index is 2.44. The third-order valence-corrected chi connectivity index (χ3v) is 3.09. The zero-order chi connectivity index (χ0) is 9.97. The molecule has 0 unspecified atom stereocenters. The van der Waals surface area contributed by atoms with Gasteiger partial charge in [0.25, 0.3) is 0 Å². The van der Waals surface area contributed by atoms with Crippen molar-refractivity contribution in [2.24, 2.45) is 0 Å². The Bertz CT molecular complexity index is 436. The number of methoxy groups -OCH3 is 1. The second-order valence-corrected chi connectivity index (χ2v) is 3.96. The number of benzene rings is 1. The first kappa shape index (κ1) is 9.09. The molecule has 2 aromatic rings. The Morgan fingerprint density at radius 3 is 2.57 bits per heavy atom. The molecule has 72 valence electrons. The van der Waals surface area contributed by atoms with E-state index in [1.807, 2.05) is 36.4 Å². The van der Waals surface area contributed by atoms with Crippen molar-refractivity contribution in [3.05, 3.63) is 36.4 Å². The number of anilines is 1. The lowest BCUT2D eigenvalue weighted by Crippen LogP contribution is -1.86. The summed E-state index contributed by atoms with van der Waals surface area (Å²) in [6, 6.07) is 11.8. The van der Waals surface area contributed by atoms with E-state index in [0.29, 0.717) is 0 Å². The van der Waals surface area contributed by atoms with Crippen LogP contribution < -0.4 is 10.5 Å². The molecule has 0 saturated heterocycles. The van der Waals surface area contributed by atoms with Gasteiger partial charge in [-0.2, -0.15) is 0 Å². The van der Waals surface area contributed by atoms with Gasteiger partial charge < -0.3 is 10.5 Å². The molecule has 0 saturated carbocycles. The number of hydrogen-bond donors (Lipinski definition) is 1. The molecule has 14 heavy (non-hydrogen) atoms. The molecule has 3 heteroatoms. The molecule has 0 aliphatic rings. The second-order valence-electron chi connectivity index (χ2n) is 2.91. The van der Waals surface area contributed by atoms with Gasteiger partial charge in [-0.1, -0.05) is 29.5 Å². The van der Waals surface area contributed by atoms with Crippen LogP contribution in [0.25, 0.3) is 10.4 Å². The van der Waals surface area contributed by atoms with Gasteiger partial charge in [-0.3, -0.25) is 0 Å². The average molecular weight is 205 g/mol. The van der Waals surface area contributed by atoms with Crippen molar-refractivity contribution in [2.45, 2.75) is 0 Å². The van der Waals surface area contributed by atoms with Gasteiger partial charge in [0.15, 0.2) is 5.06 Å². The predicted molar refractivity (Wildman–Crippen MR) is 60.7 cm³/mol. The highest BCUT2D eigenvalue weighted by atomic mass is 32.1. The summed E-state index contributed by atoms with van der Waals surface area (Å²) in [4.78, 5) is 1.14. The minimum absolute atomic E-state index is 0.803. The number of para-hydroxylation sites is 1. The fourth-order valence-corrected chi connectivity index (χ4v) is 2.16. The third kappa shape index (κ3) is 1.59. The van der Waals surface area contributed by atoms with Crippen LogP contribution in [-0.4, -0.2) is 7.11 Å². The maximum absolute atomic E-state index is 5.87. The van der Waals surface area contributed by atoms with Crippen LogP contribution in [0.2, 0.25) is 0 Å². The first-order valence-electron chi connectivity index (χ1n) is 4.30. The number of nitrogen functional groups attached to an aromatic ring is 1. The topological polar surface area (TPSA) is 35.2 Å². The predicted octanol–water partition coefficient (Wildman–Crippen LogP) is 3.01. The van der Waals surface area contributed by atoms with E-state index in [9.17, 15) is 0 Å². The fourth-order valence-electron chi connectivity index (χ4n) is 1.30. The van der Waals surface area contributed by atoms with Crippen molar-refractivity contribution in [2.75, 3.05) is 12.8 Å². The van der Waals surface area contributed by atoms with E-state index in [0.717, 1.165) is 21.2 Å². The zero-order valence-corrected chi connectivity index (χ0v) is 8.67. The van der Waals surface area contributed by atoms with Crippen LogP contribution >= 0.6 is 11.3 Å². The zero-order valence-electron chi connectivity index (χ0n) is 7.86. The molecular weight excluding hydrogens is 194 g/mol. The number of rotatable bonds is 2. The summed E-state index contributed by atoms with van der Waals surface area (Å²) in [6.45, 7) is 0. The largest absolute Gasteiger partial charge is 0.487 e. The highest BCUT2D eigenvalue weighted by Crippen LogP contribution is 2.35. The van der Waals surface area contributed by atoms with Crippen molar-refractivity contribution in [3.8, 4) is 15.5 Å². The van der Waals surface area contributed by atoms with Crippen molar-refractivity contribution < 1.29 is 4.74 Å².